The topological polar surface area (TPSA) is 55.4 Å². The van der Waals surface area contributed by atoms with E-state index in [0.717, 1.165) is 5.56 Å². The van der Waals surface area contributed by atoms with Gasteiger partial charge in [-0.1, -0.05) is 28.1 Å². The number of hydrogen-bond acceptors (Lipinski definition) is 3. The second-order valence-corrected chi connectivity index (χ2v) is 7.31. The van der Waals surface area contributed by atoms with E-state index >= 15 is 0 Å². The monoisotopic (exact) mass is 347 g/mol. The molecule has 0 aliphatic carbocycles. The van der Waals surface area contributed by atoms with Crippen LogP contribution in [0.3, 0.4) is 0 Å². The van der Waals surface area contributed by atoms with Crippen LogP contribution >= 0.6 is 15.9 Å². The molecule has 1 aliphatic rings. The maximum Gasteiger partial charge on any atom is 0.241 e. The van der Waals surface area contributed by atoms with Crippen LogP contribution in [0.1, 0.15) is 25.8 Å². The normalized spacial score (nSPS) is 27.6. The zero-order valence-electron chi connectivity index (χ0n) is 11.0. The lowest BCUT2D eigenvalue weighted by molar-refractivity contribution is 0.0957. The Labute approximate surface area is 122 Å². The minimum Gasteiger partial charge on any atom is -0.376 e. The van der Waals surface area contributed by atoms with Crippen LogP contribution in [-0.2, 0) is 20.1 Å². The lowest BCUT2D eigenvalue weighted by atomic mass is 9.97. The van der Waals surface area contributed by atoms with E-state index in [9.17, 15) is 8.42 Å². The first kappa shape index (κ1) is 15.0. The van der Waals surface area contributed by atoms with Crippen molar-refractivity contribution in [3.63, 3.8) is 0 Å². The second kappa shape index (κ2) is 5.52. The highest BCUT2D eigenvalue weighted by Gasteiger charge is 2.40. The van der Waals surface area contributed by atoms with Crippen LogP contribution in [0.25, 0.3) is 0 Å². The Kier molecular flexibility index (Phi) is 4.35. The second-order valence-electron chi connectivity index (χ2n) is 5.06. The van der Waals surface area contributed by atoms with Gasteiger partial charge in [0.2, 0.25) is 10.0 Å². The fourth-order valence-corrected chi connectivity index (χ4v) is 3.96. The summed E-state index contributed by atoms with van der Waals surface area (Å²) < 4.78 is 32.9. The smallest absolute Gasteiger partial charge is 0.241 e. The molecule has 106 valence electrons. The molecule has 1 aromatic rings. The first-order chi connectivity index (χ1) is 8.87. The first-order valence-corrected chi connectivity index (χ1v) is 8.78. The molecule has 2 atom stereocenters. The van der Waals surface area contributed by atoms with Crippen molar-refractivity contribution in [3.8, 4) is 0 Å². The number of halogens is 1. The molecule has 19 heavy (non-hydrogen) atoms. The highest BCUT2D eigenvalue weighted by Crippen LogP contribution is 2.27. The van der Waals surface area contributed by atoms with E-state index in [4.69, 9.17) is 4.74 Å². The lowest BCUT2D eigenvalue weighted by Gasteiger charge is -2.28. The molecule has 0 aromatic heterocycles. The Hall–Kier alpha value is -0.430. The molecule has 4 nitrogen and oxygen atoms in total. The van der Waals surface area contributed by atoms with E-state index in [-0.39, 0.29) is 11.0 Å². The van der Waals surface area contributed by atoms with Gasteiger partial charge in [-0.05, 0) is 38.0 Å². The molecule has 0 bridgehead atoms. The van der Waals surface area contributed by atoms with Crippen LogP contribution in [-0.4, -0.2) is 26.7 Å². The molecule has 2 rings (SSSR count). The van der Waals surface area contributed by atoms with Gasteiger partial charge < -0.3 is 4.74 Å². The predicted molar refractivity (Wildman–Crippen MR) is 77.8 cm³/mol. The van der Waals surface area contributed by atoms with E-state index in [1.165, 1.54) is 0 Å². The number of alkyl halides is 1. The molecule has 1 aliphatic heterocycles. The van der Waals surface area contributed by atoms with Crippen LogP contribution in [0, 0.1) is 0 Å². The number of nitrogens with one attached hydrogen (secondary N) is 1. The summed E-state index contributed by atoms with van der Waals surface area (Å²) >= 11 is 3.34. The Bertz CT molecular complexity index is 544. The molecular formula is C13H18BrNO3S. The van der Waals surface area contributed by atoms with Crippen LogP contribution < -0.4 is 4.72 Å². The molecule has 0 radical (unpaired) electrons. The van der Waals surface area contributed by atoms with Crippen molar-refractivity contribution in [1.82, 2.24) is 4.72 Å². The number of ether oxygens (including phenoxy) is 1. The van der Waals surface area contributed by atoms with Gasteiger partial charge in [0.1, 0.15) is 0 Å². The van der Waals surface area contributed by atoms with Gasteiger partial charge in [0.25, 0.3) is 0 Å². The van der Waals surface area contributed by atoms with Crippen molar-refractivity contribution < 1.29 is 13.2 Å². The highest BCUT2D eigenvalue weighted by molar-refractivity contribution is 9.08. The van der Waals surface area contributed by atoms with Gasteiger partial charge in [-0.2, -0.15) is 0 Å². The molecule has 1 N–H and O–H groups in total. The molecular weight excluding hydrogens is 330 g/mol. The Balaban J connectivity index is 2.22. The quantitative estimate of drug-likeness (QED) is 0.851. The molecule has 0 saturated carbocycles. The van der Waals surface area contributed by atoms with Crippen molar-refractivity contribution in [2.45, 2.75) is 42.1 Å². The van der Waals surface area contributed by atoms with Gasteiger partial charge in [0.05, 0.1) is 16.5 Å². The van der Waals surface area contributed by atoms with Crippen molar-refractivity contribution in [3.05, 3.63) is 29.8 Å². The molecule has 0 spiro atoms. The third kappa shape index (κ3) is 3.18. The van der Waals surface area contributed by atoms with Crippen molar-refractivity contribution in [1.29, 1.82) is 0 Å². The first-order valence-electron chi connectivity index (χ1n) is 6.18. The van der Waals surface area contributed by atoms with E-state index < -0.39 is 15.6 Å². The average Bonchev–Trinajstić information content (AvgIpc) is 2.68. The van der Waals surface area contributed by atoms with E-state index in [2.05, 4.69) is 20.7 Å². The van der Waals surface area contributed by atoms with E-state index in [0.29, 0.717) is 18.4 Å². The van der Waals surface area contributed by atoms with E-state index in [1.807, 2.05) is 13.8 Å². The zero-order valence-corrected chi connectivity index (χ0v) is 13.4. The summed E-state index contributed by atoms with van der Waals surface area (Å²) in [6, 6.07) is 6.87. The fraction of sp³-hybridized carbons (Fsp3) is 0.538. The zero-order chi connectivity index (χ0) is 14.1. The van der Waals surface area contributed by atoms with Crippen LogP contribution in [0.5, 0.6) is 0 Å². The molecule has 1 aromatic carbocycles. The summed E-state index contributed by atoms with van der Waals surface area (Å²) in [4.78, 5) is 0.289. The van der Waals surface area contributed by atoms with Crippen LogP contribution in [0.4, 0.5) is 0 Å². The number of sulfonamides is 1. The van der Waals surface area contributed by atoms with Gasteiger partial charge in [-0.25, -0.2) is 13.1 Å². The Morgan fingerprint density at radius 3 is 2.53 bits per heavy atom. The van der Waals surface area contributed by atoms with Gasteiger partial charge >= 0.3 is 0 Å². The largest absolute Gasteiger partial charge is 0.376 e. The maximum atomic E-state index is 12.4. The third-order valence-electron chi connectivity index (χ3n) is 3.64. The minimum absolute atomic E-state index is 0.121. The maximum absolute atomic E-state index is 12.4. The highest BCUT2D eigenvalue weighted by atomic mass is 79.9. The van der Waals surface area contributed by atoms with Crippen LogP contribution in [0.15, 0.2) is 29.2 Å². The molecule has 6 heteroatoms. The Morgan fingerprint density at radius 1 is 1.42 bits per heavy atom. The summed E-state index contributed by atoms with van der Waals surface area (Å²) in [7, 11) is -3.51. The van der Waals surface area contributed by atoms with Crippen molar-refractivity contribution in [2.75, 3.05) is 6.61 Å². The SMILES string of the molecule is CC1OCCC1(C)NS(=O)(=O)c1ccc(CBr)cc1. The minimum atomic E-state index is -3.51. The number of benzene rings is 1. The standard InChI is InChI=1S/C13H18BrNO3S/c1-10-13(2,7-8-18-10)15-19(16,17)12-5-3-11(9-14)4-6-12/h3-6,10,15H,7-9H2,1-2H3. The summed E-state index contributed by atoms with van der Waals surface area (Å²) in [6.45, 7) is 4.36. The predicted octanol–water partition coefficient (Wildman–Crippen LogP) is 2.43. The van der Waals surface area contributed by atoms with E-state index in [1.54, 1.807) is 24.3 Å². The number of rotatable bonds is 4. The molecule has 1 fully saturated rings. The summed E-state index contributed by atoms with van der Waals surface area (Å²) in [5, 5.41) is 0.712. The van der Waals surface area contributed by atoms with Crippen molar-refractivity contribution >= 4 is 26.0 Å². The third-order valence-corrected chi connectivity index (χ3v) is 5.92. The summed E-state index contributed by atoms with van der Waals surface area (Å²) in [6.07, 6.45) is 0.566. The average molecular weight is 348 g/mol. The summed E-state index contributed by atoms with van der Waals surface area (Å²) in [5.74, 6) is 0. The molecule has 2 unspecified atom stereocenters. The Morgan fingerprint density at radius 2 is 2.05 bits per heavy atom. The van der Waals surface area contributed by atoms with Gasteiger partial charge in [0.15, 0.2) is 0 Å². The molecule has 0 amide bonds. The van der Waals surface area contributed by atoms with Gasteiger partial charge in [-0.15, -0.1) is 0 Å². The van der Waals surface area contributed by atoms with Gasteiger partial charge in [-0.3, -0.25) is 0 Å². The molecule has 1 saturated heterocycles. The number of hydrogen-bond donors (Lipinski definition) is 1. The molecule has 1 heterocycles. The van der Waals surface area contributed by atoms with Crippen molar-refractivity contribution in [2.24, 2.45) is 0 Å². The summed E-state index contributed by atoms with van der Waals surface area (Å²) in [5.41, 5.74) is 0.509. The van der Waals surface area contributed by atoms with Crippen LogP contribution in [0.2, 0.25) is 0 Å². The fourth-order valence-electron chi connectivity index (χ4n) is 2.09. The lowest BCUT2D eigenvalue weighted by Crippen LogP contribution is -2.50. The van der Waals surface area contributed by atoms with Gasteiger partial charge in [0, 0.05) is 11.9 Å².